The lowest BCUT2D eigenvalue weighted by Crippen LogP contribution is -2.30. The lowest BCUT2D eigenvalue weighted by Gasteiger charge is -2.24. The molecule has 0 saturated carbocycles. The third-order valence-electron chi connectivity index (χ3n) is 5.13. The molecule has 34 heavy (non-hydrogen) atoms. The van der Waals surface area contributed by atoms with E-state index in [9.17, 15) is 22.0 Å². The van der Waals surface area contributed by atoms with Crippen molar-refractivity contribution in [1.29, 1.82) is 0 Å². The highest BCUT2D eigenvalue weighted by molar-refractivity contribution is 7.93. The molecule has 3 aromatic rings. The number of nitrogens with one attached hydrogen (secondary N) is 1. The summed E-state index contributed by atoms with van der Waals surface area (Å²) in [6, 6.07) is 5.81. The van der Waals surface area contributed by atoms with Crippen LogP contribution in [-0.4, -0.2) is 53.1 Å². The highest BCUT2D eigenvalue weighted by atomic mass is 32.2. The van der Waals surface area contributed by atoms with E-state index >= 15 is 0 Å². The van der Waals surface area contributed by atoms with E-state index in [0.29, 0.717) is 41.6 Å². The van der Waals surface area contributed by atoms with Gasteiger partial charge in [0.05, 0.1) is 29.9 Å². The number of anilines is 1. The first kappa shape index (κ1) is 24.0. The first-order chi connectivity index (χ1) is 16.3. The second kappa shape index (κ2) is 9.97. The molecule has 1 aliphatic rings. The van der Waals surface area contributed by atoms with E-state index in [4.69, 9.17) is 4.74 Å². The average Bonchev–Trinajstić information content (AvgIpc) is 3.49. The smallest absolute Gasteiger partial charge is 0.355 e. The number of alkyl halides is 2. The quantitative estimate of drug-likeness (QED) is 0.489. The van der Waals surface area contributed by atoms with Crippen molar-refractivity contribution >= 4 is 33.0 Å². The maximum atomic E-state index is 13.3. The van der Waals surface area contributed by atoms with Crippen LogP contribution in [0.2, 0.25) is 0 Å². The number of halogens is 2. The van der Waals surface area contributed by atoms with Crippen LogP contribution in [0.3, 0.4) is 0 Å². The summed E-state index contributed by atoms with van der Waals surface area (Å²) in [5.74, 6) is -3.44. The number of amides is 1. The summed E-state index contributed by atoms with van der Waals surface area (Å²) >= 11 is 1.18. The van der Waals surface area contributed by atoms with E-state index in [2.05, 4.69) is 15.0 Å². The number of likely N-dealkylation sites (tertiary alicyclic amines) is 1. The van der Waals surface area contributed by atoms with Gasteiger partial charge in [-0.3, -0.25) is 14.5 Å². The molecule has 1 atom stereocenters. The molecule has 1 fully saturated rings. The first-order valence-electron chi connectivity index (χ1n) is 10.4. The Morgan fingerprint density at radius 2 is 2.15 bits per heavy atom. The number of nitrogens with zero attached hydrogens (tertiary/aromatic N) is 4. The van der Waals surface area contributed by atoms with E-state index in [-0.39, 0.29) is 22.6 Å². The van der Waals surface area contributed by atoms with Crippen LogP contribution in [0.1, 0.15) is 41.2 Å². The Morgan fingerprint density at radius 1 is 1.32 bits per heavy atom. The Kier molecular flexibility index (Phi) is 7.03. The average molecular weight is 510 g/mol. The molecular weight excluding hydrogens is 488 g/mol. The third kappa shape index (κ3) is 5.14. The maximum absolute atomic E-state index is 13.3. The Balaban J connectivity index is 1.54. The van der Waals surface area contributed by atoms with E-state index in [1.165, 1.54) is 29.7 Å². The number of hydrogen-bond donors (Lipinski definition) is 1. The van der Waals surface area contributed by atoms with Gasteiger partial charge in [0.1, 0.15) is 5.69 Å². The van der Waals surface area contributed by atoms with Crippen molar-refractivity contribution in [2.75, 3.05) is 17.9 Å². The Morgan fingerprint density at radius 3 is 2.91 bits per heavy atom. The monoisotopic (exact) mass is 509 g/mol. The molecule has 1 aromatic carbocycles. The predicted molar refractivity (Wildman–Crippen MR) is 122 cm³/mol. The van der Waals surface area contributed by atoms with Crippen LogP contribution < -0.4 is 9.46 Å². The van der Waals surface area contributed by atoms with Crippen LogP contribution in [0, 0.1) is 0 Å². The Bertz CT molecular complexity index is 1290. The second-order valence-corrected chi connectivity index (χ2v) is 10.1. The zero-order valence-corrected chi connectivity index (χ0v) is 19.7. The number of aromatic nitrogens is 3. The molecule has 0 spiro atoms. The minimum absolute atomic E-state index is 0.0152. The van der Waals surface area contributed by atoms with Crippen LogP contribution >= 0.6 is 11.3 Å². The van der Waals surface area contributed by atoms with Crippen molar-refractivity contribution in [2.24, 2.45) is 0 Å². The van der Waals surface area contributed by atoms with Crippen molar-refractivity contribution in [1.82, 2.24) is 19.9 Å². The summed E-state index contributed by atoms with van der Waals surface area (Å²) in [6.45, 7) is 2.78. The fraction of sp³-hybridized carbons (Fsp3) is 0.333. The van der Waals surface area contributed by atoms with Crippen molar-refractivity contribution in [3.8, 4) is 16.5 Å². The van der Waals surface area contributed by atoms with E-state index in [0.717, 1.165) is 6.42 Å². The predicted octanol–water partition coefficient (Wildman–Crippen LogP) is 3.94. The molecule has 13 heteroatoms. The molecule has 3 heterocycles. The van der Waals surface area contributed by atoms with Gasteiger partial charge in [0.15, 0.2) is 5.01 Å². The largest absolute Gasteiger partial charge is 0.477 e. The van der Waals surface area contributed by atoms with Gasteiger partial charge in [-0.25, -0.2) is 18.4 Å². The standard InChI is InChI=1S/C21H21F2N5O4S2/c1-2-32-18-12-24-10-15(26-18)17-11-25-19(33-17)20(29)28-8-4-7-16(28)13-5-3-6-14(9-13)27-34(30,31)21(22)23/h3,5-6,9-12,16,21,27H,2,4,7-8H2,1H3/t16-/m1/s1. The second-order valence-electron chi connectivity index (χ2n) is 7.39. The molecular formula is C21H21F2N5O4S2. The van der Waals surface area contributed by atoms with Crippen LogP contribution in [-0.2, 0) is 10.0 Å². The summed E-state index contributed by atoms with van der Waals surface area (Å²) in [5, 5.41) is 0.278. The van der Waals surface area contributed by atoms with E-state index in [1.54, 1.807) is 29.4 Å². The first-order valence-corrected chi connectivity index (χ1v) is 12.8. The van der Waals surface area contributed by atoms with Crippen molar-refractivity contribution in [3.05, 3.63) is 53.4 Å². The van der Waals surface area contributed by atoms with Gasteiger partial charge < -0.3 is 9.64 Å². The molecule has 1 amide bonds. The highest BCUT2D eigenvalue weighted by Gasteiger charge is 2.32. The van der Waals surface area contributed by atoms with E-state index < -0.39 is 15.8 Å². The zero-order chi connectivity index (χ0) is 24.3. The third-order valence-corrected chi connectivity index (χ3v) is 7.12. The fourth-order valence-corrected chi connectivity index (χ4v) is 5.04. The lowest BCUT2D eigenvalue weighted by atomic mass is 10.0. The van der Waals surface area contributed by atoms with Gasteiger partial charge in [0, 0.05) is 18.4 Å². The number of rotatable bonds is 8. The molecule has 180 valence electrons. The molecule has 0 bridgehead atoms. The molecule has 0 radical (unpaired) electrons. The normalized spacial score (nSPS) is 16.1. The number of carbonyl (C=O) groups excluding carboxylic acids is 1. The molecule has 1 aliphatic heterocycles. The van der Waals surface area contributed by atoms with Crippen molar-refractivity contribution < 1.29 is 26.7 Å². The molecule has 0 unspecified atom stereocenters. The molecule has 1 saturated heterocycles. The molecule has 1 N–H and O–H groups in total. The Hall–Kier alpha value is -3.19. The van der Waals surface area contributed by atoms with Crippen molar-refractivity contribution in [2.45, 2.75) is 31.6 Å². The summed E-state index contributed by atoms with van der Waals surface area (Å²) in [5.41, 5.74) is 1.20. The lowest BCUT2D eigenvalue weighted by molar-refractivity contribution is 0.0735. The minimum atomic E-state index is -4.79. The van der Waals surface area contributed by atoms with Gasteiger partial charge >= 0.3 is 5.76 Å². The number of hydrogen-bond acceptors (Lipinski definition) is 8. The van der Waals surface area contributed by atoms with Gasteiger partial charge in [-0.2, -0.15) is 8.78 Å². The minimum Gasteiger partial charge on any atom is -0.477 e. The molecule has 0 aliphatic carbocycles. The van der Waals surface area contributed by atoms with Gasteiger partial charge in [-0.1, -0.05) is 12.1 Å². The van der Waals surface area contributed by atoms with E-state index in [1.807, 2.05) is 11.6 Å². The number of ether oxygens (including phenoxy) is 1. The number of sulfonamides is 1. The summed E-state index contributed by atoms with van der Waals surface area (Å²) < 4.78 is 55.7. The highest BCUT2D eigenvalue weighted by Crippen LogP contribution is 2.36. The topological polar surface area (TPSA) is 114 Å². The molecule has 9 nitrogen and oxygen atoms in total. The summed E-state index contributed by atoms with van der Waals surface area (Å²) in [7, 11) is -4.79. The van der Waals surface area contributed by atoms with Crippen LogP contribution in [0.4, 0.5) is 14.5 Å². The van der Waals surface area contributed by atoms with Gasteiger partial charge in [-0.15, -0.1) is 11.3 Å². The van der Waals surface area contributed by atoms with Gasteiger partial charge in [0.2, 0.25) is 5.88 Å². The SMILES string of the molecule is CCOc1cncc(-c2cnc(C(=O)N3CCC[C@@H]3c3cccc(NS(=O)(=O)C(F)F)c3)s2)n1. The fourth-order valence-electron chi connectivity index (χ4n) is 3.67. The zero-order valence-electron chi connectivity index (χ0n) is 18.0. The van der Waals surface area contributed by atoms with Gasteiger partial charge in [-0.05, 0) is 37.5 Å². The van der Waals surface area contributed by atoms with Gasteiger partial charge in [0.25, 0.3) is 15.9 Å². The summed E-state index contributed by atoms with van der Waals surface area (Å²) in [6.07, 6.45) is 6.02. The van der Waals surface area contributed by atoms with Crippen LogP contribution in [0.25, 0.3) is 10.6 Å². The summed E-state index contributed by atoms with van der Waals surface area (Å²) in [4.78, 5) is 28.3. The molecule has 4 rings (SSSR count). The number of benzene rings is 1. The van der Waals surface area contributed by atoms with Crippen LogP contribution in [0.15, 0.2) is 42.9 Å². The molecule has 2 aromatic heterocycles. The number of carbonyl (C=O) groups is 1. The maximum Gasteiger partial charge on any atom is 0.355 e. The Labute approximate surface area is 198 Å². The van der Waals surface area contributed by atoms with Crippen LogP contribution in [0.5, 0.6) is 5.88 Å². The van der Waals surface area contributed by atoms with Crippen molar-refractivity contribution in [3.63, 3.8) is 0 Å². The number of thiazole rings is 1.